The highest BCUT2D eigenvalue weighted by molar-refractivity contribution is 6.05. The van der Waals surface area contributed by atoms with E-state index in [-0.39, 0.29) is 35.3 Å². The number of carbonyl (C=O) groups is 2. The number of hydrogen-bond acceptors (Lipinski definition) is 5. The molecular formula is C17H21FN4O4. The largest absolute Gasteiger partial charge is 0.494 e. The van der Waals surface area contributed by atoms with E-state index >= 15 is 0 Å². The van der Waals surface area contributed by atoms with Gasteiger partial charge in [-0.25, -0.2) is 4.39 Å². The van der Waals surface area contributed by atoms with E-state index in [9.17, 15) is 9.18 Å². The second-order valence-electron chi connectivity index (χ2n) is 6.40. The van der Waals surface area contributed by atoms with Gasteiger partial charge in [-0.15, -0.1) is 0 Å². The summed E-state index contributed by atoms with van der Waals surface area (Å²) in [5, 5.41) is 16.8. The molecule has 3 aliphatic heterocycles. The topological polar surface area (TPSA) is 108 Å². The second kappa shape index (κ2) is 7.69. The molecule has 3 N–H and O–H groups in total. The smallest absolute Gasteiger partial charge is 0.290 e. The summed E-state index contributed by atoms with van der Waals surface area (Å²) in [6.45, 7) is 2.83. The van der Waals surface area contributed by atoms with Crippen LogP contribution < -0.4 is 10.1 Å². The predicted molar refractivity (Wildman–Crippen MR) is 91.7 cm³/mol. The molecule has 1 amide bonds. The van der Waals surface area contributed by atoms with Gasteiger partial charge in [0.2, 0.25) is 0 Å². The van der Waals surface area contributed by atoms with Gasteiger partial charge in [0.15, 0.2) is 17.3 Å². The van der Waals surface area contributed by atoms with E-state index in [1.807, 2.05) is 0 Å². The molecule has 2 bridgehead atoms. The number of aromatic amines is 1. The molecule has 1 aromatic heterocycles. The van der Waals surface area contributed by atoms with Crippen molar-refractivity contribution in [2.45, 2.75) is 18.9 Å². The van der Waals surface area contributed by atoms with Crippen molar-refractivity contribution >= 4 is 23.3 Å². The minimum atomic E-state index is -0.558. The van der Waals surface area contributed by atoms with Crippen molar-refractivity contribution in [2.75, 3.05) is 26.7 Å². The first-order valence-electron chi connectivity index (χ1n) is 8.40. The summed E-state index contributed by atoms with van der Waals surface area (Å²) >= 11 is 0. The van der Waals surface area contributed by atoms with E-state index in [4.69, 9.17) is 14.6 Å². The Morgan fingerprint density at radius 2 is 2.15 bits per heavy atom. The van der Waals surface area contributed by atoms with Gasteiger partial charge in [-0.1, -0.05) is 0 Å². The van der Waals surface area contributed by atoms with Crippen LogP contribution in [0.5, 0.6) is 5.75 Å². The fourth-order valence-corrected chi connectivity index (χ4v) is 3.74. The number of fused-ring (bicyclic) bond motifs is 4. The minimum absolute atomic E-state index is 0.0906. The monoisotopic (exact) mass is 364 g/mol. The second-order valence-corrected chi connectivity index (χ2v) is 6.40. The van der Waals surface area contributed by atoms with Crippen molar-refractivity contribution in [3.8, 4) is 5.75 Å². The van der Waals surface area contributed by atoms with Crippen molar-refractivity contribution in [1.82, 2.24) is 20.4 Å². The van der Waals surface area contributed by atoms with Crippen molar-refractivity contribution in [3.05, 3.63) is 23.6 Å². The Morgan fingerprint density at radius 1 is 1.46 bits per heavy atom. The van der Waals surface area contributed by atoms with Crippen LogP contribution in [0.3, 0.4) is 0 Å². The Balaban J connectivity index is 0.000000613. The Morgan fingerprint density at radius 3 is 2.73 bits per heavy atom. The van der Waals surface area contributed by atoms with Crippen LogP contribution in [0.4, 0.5) is 4.39 Å². The summed E-state index contributed by atoms with van der Waals surface area (Å²) in [4.78, 5) is 23.3. The fourth-order valence-electron chi connectivity index (χ4n) is 3.74. The minimum Gasteiger partial charge on any atom is -0.494 e. The van der Waals surface area contributed by atoms with Crippen molar-refractivity contribution < 1.29 is 23.8 Å². The summed E-state index contributed by atoms with van der Waals surface area (Å²) in [5.41, 5.74) is 0.579. The van der Waals surface area contributed by atoms with Gasteiger partial charge >= 0.3 is 0 Å². The number of amides is 1. The third-order valence-corrected chi connectivity index (χ3v) is 5.04. The highest BCUT2D eigenvalue weighted by Gasteiger charge is 2.35. The molecule has 0 spiro atoms. The number of H-pyrrole nitrogens is 1. The summed E-state index contributed by atoms with van der Waals surface area (Å²) in [7, 11) is 1.40. The number of hydrogen-bond donors (Lipinski definition) is 3. The molecule has 1 aromatic carbocycles. The molecule has 5 rings (SSSR count). The average molecular weight is 364 g/mol. The zero-order chi connectivity index (χ0) is 18.7. The summed E-state index contributed by atoms with van der Waals surface area (Å²) in [6, 6.07) is 3.30. The van der Waals surface area contributed by atoms with Gasteiger partial charge in [-0.05, 0) is 44.0 Å². The number of methoxy groups -OCH3 is 1. The van der Waals surface area contributed by atoms with Gasteiger partial charge in [0, 0.05) is 12.6 Å². The van der Waals surface area contributed by atoms with E-state index in [2.05, 4.69) is 20.4 Å². The standard InChI is InChI=1S/C16H19FN4O2.CH2O2/c1-23-12-3-2-10-13(14(12)17)15(20-19-10)16(22)18-11-8-21-6-4-9(11)5-7-21;2-1-3/h2-3,9,11H,4-8H2,1H3,(H,18,22)(H,19,20);1H,(H,2,3)/t11-;/m1./s1. The highest BCUT2D eigenvalue weighted by atomic mass is 19.1. The Labute approximate surface area is 149 Å². The van der Waals surface area contributed by atoms with E-state index in [1.54, 1.807) is 6.07 Å². The molecule has 2 aromatic rings. The maximum absolute atomic E-state index is 14.5. The van der Waals surface area contributed by atoms with E-state index in [1.165, 1.54) is 13.2 Å². The van der Waals surface area contributed by atoms with Gasteiger partial charge in [-0.2, -0.15) is 5.10 Å². The average Bonchev–Trinajstić information content (AvgIpc) is 3.09. The number of piperidine rings is 3. The molecule has 0 saturated carbocycles. The molecule has 3 aliphatic rings. The number of nitrogens with zero attached hydrogens (tertiary/aromatic N) is 2. The lowest BCUT2D eigenvalue weighted by molar-refractivity contribution is -0.122. The third kappa shape index (κ3) is 3.34. The number of halogens is 1. The maximum Gasteiger partial charge on any atom is 0.290 e. The van der Waals surface area contributed by atoms with Crippen LogP contribution in [-0.4, -0.2) is 65.4 Å². The number of rotatable bonds is 3. The molecule has 0 radical (unpaired) electrons. The third-order valence-electron chi connectivity index (χ3n) is 5.04. The van der Waals surface area contributed by atoms with Gasteiger partial charge in [-0.3, -0.25) is 14.7 Å². The van der Waals surface area contributed by atoms with Gasteiger partial charge in [0.05, 0.1) is 18.0 Å². The Hall–Kier alpha value is -2.68. The van der Waals surface area contributed by atoms with E-state index in [0.29, 0.717) is 11.4 Å². The normalized spacial score (nSPS) is 23.8. The fraction of sp³-hybridized carbons (Fsp3) is 0.471. The lowest BCUT2D eigenvalue weighted by Gasteiger charge is -2.44. The summed E-state index contributed by atoms with van der Waals surface area (Å²) in [5.74, 6) is -0.274. The Bertz CT molecular complexity index is 801. The SMILES string of the molecule is COc1ccc2[nH]nc(C(=O)N[C@@H]3CN4CCC3CC4)c2c1F.O=CO. The number of benzene rings is 1. The van der Waals surface area contributed by atoms with Crippen LogP contribution in [0.2, 0.25) is 0 Å². The molecule has 0 aliphatic carbocycles. The molecule has 3 fully saturated rings. The molecule has 0 unspecified atom stereocenters. The molecular weight excluding hydrogens is 343 g/mol. The quantitative estimate of drug-likeness (QED) is 0.707. The van der Waals surface area contributed by atoms with Crippen molar-refractivity contribution in [1.29, 1.82) is 0 Å². The van der Waals surface area contributed by atoms with Crippen LogP contribution in [0.1, 0.15) is 23.3 Å². The van der Waals surface area contributed by atoms with Crippen LogP contribution in [0.15, 0.2) is 12.1 Å². The molecule has 140 valence electrons. The molecule has 26 heavy (non-hydrogen) atoms. The van der Waals surface area contributed by atoms with Gasteiger partial charge < -0.3 is 20.1 Å². The van der Waals surface area contributed by atoms with Crippen LogP contribution >= 0.6 is 0 Å². The van der Waals surface area contributed by atoms with Crippen LogP contribution in [0, 0.1) is 11.7 Å². The van der Waals surface area contributed by atoms with Crippen LogP contribution in [0.25, 0.3) is 10.9 Å². The van der Waals surface area contributed by atoms with Crippen LogP contribution in [-0.2, 0) is 4.79 Å². The number of carbonyl (C=O) groups excluding carboxylic acids is 1. The first kappa shape index (κ1) is 18.1. The molecule has 4 heterocycles. The molecule has 8 nitrogen and oxygen atoms in total. The van der Waals surface area contributed by atoms with Crippen molar-refractivity contribution in [3.63, 3.8) is 0 Å². The zero-order valence-electron chi connectivity index (χ0n) is 14.4. The first-order chi connectivity index (χ1) is 12.6. The number of nitrogens with one attached hydrogen (secondary N) is 2. The van der Waals surface area contributed by atoms with Gasteiger partial charge in [0.1, 0.15) is 0 Å². The lowest BCUT2D eigenvalue weighted by atomic mass is 9.84. The summed E-state index contributed by atoms with van der Waals surface area (Å²) in [6.07, 6.45) is 2.21. The number of ether oxygens (including phenoxy) is 1. The van der Waals surface area contributed by atoms with Gasteiger partial charge in [0.25, 0.3) is 12.4 Å². The maximum atomic E-state index is 14.5. The highest BCUT2D eigenvalue weighted by Crippen LogP contribution is 2.29. The van der Waals surface area contributed by atoms with E-state index < -0.39 is 5.82 Å². The molecule has 3 saturated heterocycles. The summed E-state index contributed by atoms with van der Waals surface area (Å²) < 4.78 is 19.5. The van der Waals surface area contributed by atoms with E-state index in [0.717, 1.165) is 32.5 Å². The number of aromatic nitrogens is 2. The zero-order valence-corrected chi connectivity index (χ0v) is 14.4. The van der Waals surface area contributed by atoms with Crippen molar-refractivity contribution in [2.24, 2.45) is 5.92 Å². The Kier molecular flexibility index (Phi) is 5.36. The molecule has 9 heteroatoms. The first-order valence-corrected chi connectivity index (χ1v) is 8.40. The predicted octanol–water partition coefficient (Wildman–Crippen LogP) is 1.24. The lowest BCUT2D eigenvalue weighted by Crippen LogP contribution is -2.57. The number of carboxylic acid groups (broad SMARTS) is 1. The molecule has 1 atom stereocenters.